The average Bonchev–Trinajstić information content (AvgIpc) is 2.21. The van der Waals surface area contributed by atoms with Crippen molar-refractivity contribution in [2.75, 3.05) is 5.32 Å². The third-order valence-corrected chi connectivity index (χ3v) is 2.06. The highest BCUT2D eigenvalue weighted by Crippen LogP contribution is 2.11. The van der Waals surface area contributed by atoms with Gasteiger partial charge in [0.1, 0.15) is 5.82 Å². The van der Waals surface area contributed by atoms with E-state index in [1.807, 2.05) is 6.92 Å². The molecule has 0 saturated carbocycles. The molecule has 0 unspecified atom stereocenters. The van der Waals surface area contributed by atoms with Crippen molar-refractivity contribution in [2.24, 2.45) is 0 Å². The van der Waals surface area contributed by atoms with Crippen molar-refractivity contribution in [2.45, 2.75) is 19.8 Å². The van der Waals surface area contributed by atoms with E-state index < -0.39 is 5.82 Å². The molecular weight excluding hydrogens is 227 g/mol. The van der Waals surface area contributed by atoms with Crippen LogP contribution in [0.5, 0.6) is 0 Å². The molecule has 0 aliphatic carbocycles. The van der Waals surface area contributed by atoms with Crippen LogP contribution in [0.4, 0.5) is 10.1 Å². The van der Waals surface area contributed by atoms with E-state index in [2.05, 4.69) is 10.6 Å². The molecule has 0 aromatic heterocycles. The van der Waals surface area contributed by atoms with E-state index in [0.29, 0.717) is 6.42 Å². The summed E-state index contributed by atoms with van der Waals surface area (Å²) < 4.78 is 13.2. The Morgan fingerprint density at radius 3 is 2.75 bits per heavy atom. The highest BCUT2D eigenvalue weighted by molar-refractivity contribution is 7.80. The van der Waals surface area contributed by atoms with E-state index in [0.717, 1.165) is 6.42 Å². The van der Waals surface area contributed by atoms with Gasteiger partial charge in [0.15, 0.2) is 5.11 Å². The molecule has 0 bridgehead atoms. The fourth-order valence-electron chi connectivity index (χ4n) is 1.13. The van der Waals surface area contributed by atoms with Crippen molar-refractivity contribution in [1.82, 2.24) is 5.32 Å². The molecular formula is C11H13FN2OS. The lowest BCUT2D eigenvalue weighted by atomic mass is 10.3. The van der Waals surface area contributed by atoms with Crippen LogP contribution in [0.15, 0.2) is 24.3 Å². The number of halogens is 1. The van der Waals surface area contributed by atoms with Gasteiger partial charge in [-0.3, -0.25) is 4.79 Å². The Labute approximate surface area is 99.0 Å². The third-order valence-electron chi connectivity index (χ3n) is 1.85. The number of rotatable bonds is 3. The minimum Gasteiger partial charge on any atom is -0.330 e. The van der Waals surface area contributed by atoms with E-state index in [1.54, 1.807) is 18.2 Å². The van der Waals surface area contributed by atoms with Crippen LogP contribution in [-0.2, 0) is 4.79 Å². The van der Waals surface area contributed by atoms with Gasteiger partial charge in [-0.25, -0.2) is 4.39 Å². The maximum Gasteiger partial charge on any atom is 0.226 e. The quantitative estimate of drug-likeness (QED) is 0.797. The lowest BCUT2D eigenvalue weighted by Crippen LogP contribution is -2.34. The van der Waals surface area contributed by atoms with Crippen LogP contribution in [0, 0.1) is 5.82 Å². The minimum atomic E-state index is -0.408. The van der Waals surface area contributed by atoms with Gasteiger partial charge in [0.05, 0.1) is 5.69 Å². The average molecular weight is 240 g/mol. The number of benzene rings is 1. The van der Waals surface area contributed by atoms with Crippen molar-refractivity contribution >= 4 is 28.9 Å². The molecule has 1 amide bonds. The van der Waals surface area contributed by atoms with E-state index in [4.69, 9.17) is 12.2 Å². The van der Waals surface area contributed by atoms with Crippen molar-refractivity contribution in [1.29, 1.82) is 0 Å². The SMILES string of the molecule is CCCC(=O)NC(=S)Nc1ccccc1F. The molecule has 0 fully saturated rings. The summed E-state index contributed by atoms with van der Waals surface area (Å²) in [5.74, 6) is -0.578. The van der Waals surface area contributed by atoms with Gasteiger partial charge >= 0.3 is 0 Å². The monoisotopic (exact) mass is 240 g/mol. The lowest BCUT2D eigenvalue weighted by molar-refractivity contribution is -0.119. The summed E-state index contributed by atoms with van der Waals surface area (Å²) in [5, 5.41) is 5.21. The first-order valence-electron chi connectivity index (χ1n) is 4.99. The molecule has 0 saturated heterocycles. The predicted octanol–water partition coefficient (Wildman–Crippen LogP) is 2.44. The maximum absolute atomic E-state index is 13.2. The number of anilines is 1. The van der Waals surface area contributed by atoms with Gasteiger partial charge in [0, 0.05) is 6.42 Å². The molecule has 0 atom stereocenters. The Balaban J connectivity index is 2.52. The van der Waals surface area contributed by atoms with Crippen molar-refractivity contribution in [3.05, 3.63) is 30.1 Å². The fraction of sp³-hybridized carbons (Fsp3) is 0.273. The van der Waals surface area contributed by atoms with Crippen molar-refractivity contribution < 1.29 is 9.18 Å². The standard InChI is InChI=1S/C11H13FN2OS/c1-2-5-10(15)14-11(16)13-9-7-4-3-6-8(9)12/h3-4,6-7H,2,5H2,1H3,(H2,13,14,15,16). The first kappa shape index (κ1) is 12.6. The van der Waals surface area contributed by atoms with Gasteiger partial charge in [-0.1, -0.05) is 19.1 Å². The van der Waals surface area contributed by atoms with Gasteiger partial charge in [-0.05, 0) is 30.8 Å². The summed E-state index contributed by atoms with van der Waals surface area (Å²) in [6, 6.07) is 6.13. The van der Waals surface area contributed by atoms with E-state index in [-0.39, 0.29) is 16.7 Å². The zero-order chi connectivity index (χ0) is 12.0. The van der Waals surface area contributed by atoms with Gasteiger partial charge in [0.25, 0.3) is 0 Å². The molecule has 0 radical (unpaired) electrons. The second kappa shape index (κ2) is 6.17. The Bertz CT molecular complexity index is 395. The van der Waals surface area contributed by atoms with Gasteiger partial charge in [-0.2, -0.15) is 0 Å². The van der Waals surface area contributed by atoms with Crippen LogP contribution in [0.1, 0.15) is 19.8 Å². The van der Waals surface area contributed by atoms with E-state index in [9.17, 15) is 9.18 Å². The molecule has 0 heterocycles. The van der Waals surface area contributed by atoms with E-state index in [1.165, 1.54) is 6.07 Å². The first-order chi connectivity index (χ1) is 7.63. The number of thiocarbonyl (C=S) groups is 1. The van der Waals surface area contributed by atoms with Crippen LogP contribution >= 0.6 is 12.2 Å². The topological polar surface area (TPSA) is 41.1 Å². The highest BCUT2D eigenvalue weighted by atomic mass is 32.1. The summed E-state index contributed by atoms with van der Waals surface area (Å²) >= 11 is 4.88. The van der Waals surface area contributed by atoms with E-state index >= 15 is 0 Å². The second-order valence-electron chi connectivity index (χ2n) is 3.23. The number of carbonyl (C=O) groups excluding carboxylic acids is 1. The molecule has 16 heavy (non-hydrogen) atoms. The first-order valence-corrected chi connectivity index (χ1v) is 5.39. The molecule has 5 heteroatoms. The Morgan fingerprint density at radius 2 is 2.12 bits per heavy atom. The normalized spacial score (nSPS) is 9.62. The largest absolute Gasteiger partial charge is 0.330 e. The zero-order valence-electron chi connectivity index (χ0n) is 8.92. The molecule has 0 aliphatic heterocycles. The van der Waals surface area contributed by atoms with Crippen molar-refractivity contribution in [3.63, 3.8) is 0 Å². The molecule has 1 rings (SSSR count). The molecule has 0 spiro atoms. The van der Waals surface area contributed by atoms with Gasteiger partial charge in [0.2, 0.25) is 5.91 Å². The number of nitrogens with one attached hydrogen (secondary N) is 2. The number of para-hydroxylation sites is 1. The van der Waals surface area contributed by atoms with Crippen LogP contribution < -0.4 is 10.6 Å². The summed E-state index contributed by atoms with van der Waals surface area (Å²) in [7, 11) is 0. The summed E-state index contributed by atoms with van der Waals surface area (Å²) in [6.45, 7) is 1.90. The van der Waals surface area contributed by atoms with Gasteiger partial charge in [-0.15, -0.1) is 0 Å². The highest BCUT2D eigenvalue weighted by Gasteiger charge is 2.05. The molecule has 3 nitrogen and oxygen atoms in total. The molecule has 2 N–H and O–H groups in total. The summed E-state index contributed by atoms with van der Waals surface area (Å²) in [6.07, 6.45) is 1.15. The Morgan fingerprint density at radius 1 is 1.44 bits per heavy atom. The van der Waals surface area contributed by atoms with Gasteiger partial charge < -0.3 is 10.6 Å². The van der Waals surface area contributed by atoms with Crippen LogP contribution in [0.3, 0.4) is 0 Å². The van der Waals surface area contributed by atoms with Crippen LogP contribution in [0.2, 0.25) is 0 Å². The molecule has 1 aromatic carbocycles. The molecule has 0 aliphatic rings. The number of carbonyl (C=O) groups is 1. The van der Waals surface area contributed by atoms with Crippen LogP contribution in [-0.4, -0.2) is 11.0 Å². The Hall–Kier alpha value is -1.49. The third kappa shape index (κ3) is 3.94. The van der Waals surface area contributed by atoms with Crippen molar-refractivity contribution in [3.8, 4) is 0 Å². The summed E-state index contributed by atoms with van der Waals surface area (Å²) in [5.41, 5.74) is 0.254. The fourth-order valence-corrected chi connectivity index (χ4v) is 1.36. The minimum absolute atomic E-state index is 0.114. The van der Waals surface area contributed by atoms with Crippen LogP contribution in [0.25, 0.3) is 0 Å². The molecule has 1 aromatic rings. The maximum atomic E-state index is 13.2. The lowest BCUT2D eigenvalue weighted by Gasteiger charge is -2.09. The zero-order valence-corrected chi connectivity index (χ0v) is 9.73. The number of hydrogen-bond acceptors (Lipinski definition) is 2. The smallest absolute Gasteiger partial charge is 0.226 e. The number of hydrogen-bond donors (Lipinski definition) is 2. The Kier molecular flexibility index (Phi) is 4.85. The predicted molar refractivity (Wildman–Crippen MR) is 65.7 cm³/mol. The summed E-state index contributed by atoms with van der Waals surface area (Å²) in [4.78, 5) is 11.2. The second-order valence-corrected chi connectivity index (χ2v) is 3.64. The molecule has 86 valence electrons. The number of amides is 1.